The zero-order valence-electron chi connectivity index (χ0n) is 14.2. The first-order chi connectivity index (χ1) is 12.3. The van der Waals surface area contributed by atoms with Crippen LogP contribution in [0.1, 0.15) is 32.1 Å². The smallest absolute Gasteiger partial charge is 0.245 e. The molecule has 2 aromatic heterocycles. The van der Waals surface area contributed by atoms with Gasteiger partial charge in [0.05, 0.1) is 5.39 Å². The fraction of sp³-hybridized carbons (Fsp3) is 0.611. The van der Waals surface area contributed by atoms with E-state index in [0.717, 1.165) is 67.8 Å². The molecule has 0 saturated carbocycles. The number of thiophene rings is 1. The van der Waals surface area contributed by atoms with E-state index in [1.54, 1.807) is 17.7 Å². The Morgan fingerprint density at radius 2 is 2.12 bits per heavy atom. The van der Waals surface area contributed by atoms with Gasteiger partial charge in [-0.15, -0.1) is 11.3 Å². The highest BCUT2D eigenvalue weighted by atomic mass is 32.1. The van der Waals surface area contributed by atoms with Crippen molar-refractivity contribution in [3.8, 4) is 0 Å². The molecule has 2 aromatic rings. The molecule has 3 aliphatic heterocycles. The Morgan fingerprint density at radius 1 is 1.20 bits per heavy atom. The van der Waals surface area contributed by atoms with Crippen LogP contribution in [-0.4, -0.2) is 58.5 Å². The molecular formula is C18H23N5OS. The Bertz CT molecular complexity index is 779. The zero-order valence-corrected chi connectivity index (χ0v) is 15.0. The Kier molecular flexibility index (Phi) is 3.86. The van der Waals surface area contributed by atoms with Gasteiger partial charge in [0.1, 0.15) is 23.0 Å². The minimum atomic E-state index is -0.0702. The number of anilines is 1. The van der Waals surface area contributed by atoms with Crippen molar-refractivity contribution in [2.24, 2.45) is 0 Å². The number of carbonyl (C=O) groups is 1. The third kappa shape index (κ3) is 2.52. The molecule has 3 atom stereocenters. The molecule has 0 spiro atoms. The minimum absolute atomic E-state index is 0.0702. The Morgan fingerprint density at radius 3 is 3.08 bits per heavy atom. The summed E-state index contributed by atoms with van der Waals surface area (Å²) in [6.07, 6.45) is 6.99. The molecule has 0 radical (unpaired) electrons. The molecule has 25 heavy (non-hydrogen) atoms. The molecular weight excluding hydrogens is 334 g/mol. The van der Waals surface area contributed by atoms with Gasteiger partial charge in [-0.3, -0.25) is 4.79 Å². The van der Waals surface area contributed by atoms with Gasteiger partial charge in [0.2, 0.25) is 5.91 Å². The van der Waals surface area contributed by atoms with Crippen LogP contribution >= 0.6 is 11.3 Å². The highest BCUT2D eigenvalue weighted by Gasteiger charge is 2.43. The van der Waals surface area contributed by atoms with E-state index in [-0.39, 0.29) is 6.04 Å². The highest BCUT2D eigenvalue weighted by Crippen LogP contribution is 2.35. The lowest BCUT2D eigenvalue weighted by Gasteiger charge is -2.34. The van der Waals surface area contributed by atoms with Crippen molar-refractivity contribution in [3.63, 3.8) is 0 Å². The van der Waals surface area contributed by atoms with E-state index in [0.29, 0.717) is 18.0 Å². The SMILES string of the molecule is O=C(C1CCCN1c1ncnc2sccc12)N1C2CCNCC1CC2. The molecule has 2 bridgehead atoms. The zero-order chi connectivity index (χ0) is 16.8. The average Bonchev–Trinajstić information content (AvgIpc) is 3.31. The maximum absolute atomic E-state index is 13.5. The largest absolute Gasteiger partial charge is 0.344 e. The number of rotatable bonds is 2. The first kappa shape index (κ1) is 15.5. The molecule has 132 valence electrons. The molecule has 3 unspecified atom stereocenters. The number of nitrogens with one attached hydrogen (secondary N) is 1. The van der Waals surface area contributed by atoms with Gasteiger partial charge in [0.25, 0.3) is 0 Å². The van der Waals surface area contributed by atoms with E-state index in [9.17, 15) is 4.79 Å². The van der Waals surface area contributed by atoms with Crippen LogP contribution in [0.15, 0.2) is 17.8 Å². The summed E-state index contributed by atoms with van der Waals surface area (Å²) in [6, 6.07) is 2.80. The van der Waals surface area contributed by atoms with Gasteiger partial charge in [-0.1, -0.05) is 0 Å². The van der Waals surface area contributed by atoms with Crippen molar-refractivity contribution in [2.75, 3.05) is 24.5 Å². The van der Waals surface area contributed by atoms with Gasteiger partial charge in [-0.25, -0.2) is 9.97 Å². The summed E-state index contributed by atoms with van der Waals surface area (Å²) in [5.74, 6) is 1.25. The summed E-state index contributed by atoms with van der Waals surface area (Å²) in [5, 5.41) is 6.62. The molecule has 0 aliphatic carbocycles. The van der Waals surface area contributed by atoms with Crippen molar-refractivity contribution in [2.45, 2.75) is 50.2 Å². The van der Waals surface area contributed by atoms with E-state index < -0.39 is 0 Å². The summed E-state index contributed by atoms with van der Waals surface area (Å²) in [5.41, 5.74) is 0. The number of amides is 1. The van der Waals surface area contributed by atoms with Crippen molar-refractivity contribution in [1.82, 2.24) is 20.2 Å². The van der Waals surface area contributed by atoms with E-state index in [1.165, 1.54) is 0 Å². The van der Waals surface area contributed by atoms with Gasteiger partial charge >= 0.3 is 0 Å². The standard InChI is InChI=1S/C18H23N5OS/c24-18(23-12-3-4-13(23)10-19-7-5-12)15-2-1-8-22(15)16-14-6-9-25-17(14)21-11-20-16/h6,9,11-13,15,19H,1-5,7-8,10H2. The van der Waals surface area contributed by atoms with Crippen LogP contribution in [0.25, 0.3) is 10.2 Å². The Hall–Kier alpha value is -1.73. The van der Waals surface area contributed by atoms with Gasteiger partial charge in [-0.2, -0.15) is 0 Å². The van der Waals surface area contributed by atoms with Gasteiger partial charge in [0, 0.05) is 25.2 Å². The van der Waals surface area contributed by atoms with Crippen LogP contribution in [-0.2, 0) is 4.79 Å². The molecule has 0 aromatic carbocycles. The monoisotopic (exact) mass is 357 g/mol. The second-order valence-corrected chi connectivity index (χ2v) is 8.21. The fourth-order valence-corrected chi connectivity index (χ4v) is 5.52. The summed E-state index contributed by atoms with van der Waals surface area (Å²) in [6.45, 7) is 2.87. The minimum Gasteiger partial charge on any atom is -0.344 e. The van der Waals surface area contributed by atoms with E-state index in [4.69, 9.17) is 0 Å². The van der Waals surface area contributed by atoms with Crippen molar-refractivity contribution >= 4 is 33.3 Å². The molecule has 3 aliphatic rings. The van der Waals surface area contributed by atoms with Gasteiger partial charge in [0.15, 0.2) is 0 Å². The summed E-state index contributed by atoms with van der Waals surface area (Å²) in [4.78, 5) is 27.8. The summed E-state index contributed by atoms with van der Waals surface area (Å²) < 4.78 is 0. The lowest BCUT2D eigenvalue weighted by atomic mass is 10.1. The molecule has 1 N–H and O–H groups in total. The number of nitrogens with zero attached hydrogens (tertiary/aromatic N) is 4. The number of aromatic nitrogens is 2. The number of hydrogen-bond donors (Lipinski definition) is 1. The summed E-state index contributed by atoms with van der Waals surface area (Å²) in [7, 11) is 0. The molecule has 7 heteroatoms. The molecule has 3 fully saturated rings. The highest BCUT2D eigenvalue weighted by molar-refractivity contribution is 7.16. The molecule has 3 saturated heterocycles. The second-order valence-electron chi connectivity index (χ2n) is 7.31. The van der Waals surface area contributed by atoms with E-state index in [2.05, 4.69) is 36.5 Å². The summed E-state index contributed by atoms with van der Waals surface area (Å²) >= 11 is 1.63. The average molecular weight is 357 g/mol. The van der Waals surface area contributed by atoms with Crippen molar-refractivity contribution < 1.29 is 4.79 Å². The van der Waals surface area contributed by atoms with Crippen LogP contribution < -0.4 is 10.2 Å². The first-order valence-corrected chi connectivity index (χ1v) is 10.2. The fourth-order valence-electron chi connectivity index (χ4n) is 4.80. The third-order valence-corrected chi connectivity index (χ3v) is 6.78. The van der Waals surface area contributed by atoms with Crippen LogP contribution in [0.2, 0.25) is 0 Å². The quantitative estimate of drug-likeness (QED) is 0.891. The maximum Gasteiger partial charge on any atom is 0.245 e. The Balaban J connectivity index is 1.47. The maximum atomic E-state index is 13.5. The van der Waals surface area contributed by atoms with Gasteiger partial charge < -0.3 is 15.1 Å². The predicted octanol–water partition coefficient (Wildman–Crippen LogP) is 2.01. The molecule has 5 rings (SSSR count). The predicted molar refractivity (Wildman–Crippen MR) is 98.9 cm³/mol. The lowest BCUT2D eigenvalue weighted by Crippen LogP contribution is -2.51. The lowest BCUT2D eigenvalue weighted by molar-refractivity contribution is -0.135. The number of hydrogen-bond acceptors (Lipinski definition) is 6. The third-order valence-electron chi connectivity index (χ3n) is 5.96. The molecule has 5 heterocycles. The Labute approximate surface area is 151 Å². The van der Waals surface area contributed by atoms with Crippen LogP contribution in [0, 0.1) is 0 Å². The van der Waals surface area contributed by atoms with Gasteiger partial charge in [-0.05, 0) is 50.1 Å². The molecule has 6 nitrogen and oxygen atoms in total. The van der Waals surface area contributed by atoms with Crippen molar-refractivity contribution in [3.05, 3.63) is 17.8 Å². The van der Waals surface area contributed by atoms with E-state index >= 15 is 0 Å². The van der Waals surface area contributed by atoms with Crippen LogP contribution in [0.5, 0.6) is 0 Å². The topological polar surface area (TPSA) is 61.4 Å². The molecule has 1 amide bonds. The van der Waals surface area contributed by atoms with Crippen LogP contribution in [0.3, 0.4) is 0 Å². The van der Waals surface area contributed by atoms with Crippen LogP contribution in [0.4, 0.5) is 5.82 Å². The van der Waals surface area contributed by atoms with E-state index in [1.807, 2.05) is 0 Å². The normalized spacial score (nSPS) is 29.4. The number of fused-ring (bicyclic) bond motifs is 3. The first-order valence-electron chi connectivity index (χ1n) is 9.30. The number of carbonyl (C=O) groups excluding carboxylic acids is 1. The van der Waals surface area contributed by atoms with Crippen molar-refractivity contribution in [1.29, 1.82) is 0 Å². The second kappa shape index (κ2) is 6.21.